The van der Waals surface area contributed by atoms with Gasteiger partial charge in [-0.3, -0.25) is 9.59 Å². The Bertz CT molecular complexity index is 1200. The van der Waals surface area contributed by atoms with Crippen LogP contribution in [0, 0.1) is 11.6 Å². The molecule has 1 aromatic heterocycles. The Morgan fingerprint density at radius 1 is 1.03 bits per heavy atom. The number of alkyl halides is 3. The molecule has 2 aromatic rings. The summed E-state index contributed by atoms with van der Waals surface area (Å²) in [5.41, 5.74) is 0.149. The fraction of sp³-hybridized carbons (Fsp3) is 0.500. The van der Waals surface area contributed by atoms with Gasteiger partial charge in [-0.1, -0.05) is 12.1 Å². The van der Waals surface area contributed by atoms with E-state index in [9.17, 15) is 36.3 Å². The summed E-state index contributed by atoms with van der Waals surface area (Å²) in [6, 6.07) is 3.22. The number of halogens is 5. The molecule has 3 amide bonds. The number of amides is 3. The van der Waals surface area contributed by atoms with Crippen molar-refractivity contribution in [3.8, 4) is 0 Å². The summed E-state index contributed by atoms with van der Waals surface area (Å²) >= 11 is 0. The van der Waals surface area contributed by atoms with Crippen LogP contribution in [0.5, 0.6) is 0 Å². The Balaban J connectivity index is 1.45. The fourth-order valence-corrected chi connectivity index (χ4v) is 5.05. The molecule has 37 heavy (non-hydrogen) atoms. The number of likely N-dealkylation sites (tertiary alicyclic amines) is 2. The third-order valence-electron chi connectivity index (χ3n) is 6.92. The zero-order valence-electron chi connectivity index (χ0n) is 19.7. The predicted molar refractivity (Wildman–Crippen MR) is 122 cm³/mol. The number of nitrogens with one attached hydrogen (secondary N) is 2. The second-order valence-corrected chi connectivity index (χ2v) is 9.36. The lowest BCUT2D eigenvalue weighted by Gasteiger charge is -2.33. The molecule has 8 nitrogen and oxygen atoms in total. The maximum absolute atomic E-state index is 14.4. The van der Waals surface area contributed by atoms with E-state index in [-0.39, 0.29) is 43.0 Å². The number of urea groups is 1. The first-order valence-corrected chi connectivity index (χ1v) is 11.9. The van der Waals surface area contributed by atoms with E-state index in [4.69, 9.17) is 0 Å². The summed E-state index contributed by atoms with van der Waals surface area (Å²) in [5.74, 6) is -4.18. The molecule has 2 atom stereocenters. The number of benzene rings is 1. The van der Waals surface area contributed by atoms with E-state index in [0.29, 0.717) is 23.3 Å². The molecule has 2 N–H and O–H groups in total. The number of aromatic amines is 1. The predicted octanol–water partition coefficient (Wildman–Crippen LogP) is 3.27. The minimum atomic E-state index is -4.72. The van der Waals surface area contributed by atoms with Crippen LogP contribution in [0.25, 0.3) is 0 Å². The van der Waals surface area contributed by atoms with Crippen LogP contribution in [0.3, 0.4) is 0 Å². The Morgan fingerprint density at radius 2 is 1.76 bits per heavy atom. The van der Waals surface area contributed by atoms with Crippen LogP contribution in [0.2, 0.25) is 0 Å². The Labute approximate surface area is 208 Å². The number of rotatable bonds is 4. The lowest BCUT2D eigenvalue weighted by Crippen LogP contribution is -2.54. The smallest absolute Gasteiger partial charge is 0.331 e. The van der Waals surface area contributed by atoms with Gasteiger partial charge in [-0.25, -0.2) is 18.7 Å². The highest BCUT2D eigenvalue weighted by Gasteiger charge is 2.40. The minimum absolute atomic E-state index is 0.0393. The highest BCUT2D eigenvalue weighted by atomic mass is 19.4. The van der Waals surface area contributed by atoms with Gasteiger partial charge in [-0.15, -0.1) is 0 Å². The zero-order valence-corrected chi connectivity index (χ0v) is 19.7. The Hall–Kier alpha value is -3.51. The van der Waals surface area contributed by atoms with Crippen LogP contribution in [0.4, 0.5) is 26.7 Å². The van der Waals surface area contributed by atoms with E-state index in [1.807, 2.05) is 0 Å². The van der Waals surface area contributed by atoms with Crippen LogP contribution >= 0.6 is 0 Å². The highest BCUT2D eigenvalue weighted by Crippen LogP contribution is 2.32. The summed E-state index contributed by atoms with van der Waals surface area (Å²) in [7, 11) is 0. The lowest BCUT2D eigenvalue weighted by atomic mass is 9.90. The SMILES string of the molecule is O=C(N[C@@H]1CCC(c2cccc(F)c2F)CN(CC(F)(F)F)C1=O)N1CCC(c2ccn[nH]c2=O)CC1. The van der Waals surface area contributed by atoms with Gasteiger partial charge in [0.15, 0.2) is 11.6 Å². The third kappa shape index (κ3) is 6.25. The molecule has 0 bridgehead atoms. The van der Waals surface area contributed by atoms with Crippen molar-refractivity contribution >= 4 is 11.9 Å². The van der Waals surface area contributed by atoms with Gasteiger partial charge in [-0.05, 0) is 49.3 Å². The monoisotopic (exact) mass is 527 g/mol. The normalized spacial score (nSPS) is 21.6. The van der Waals surface area contributed by atoms with Crippen LogP contribution < -0.4 is 10.9 Å². The maximum atomic E-state index is 14.4. The quantitative estimate of drug-likeness (QED) is 0.597. The number of piperidine rings is 1. The topological polar surface area (TPSA) is 98.4 Å². The van der Waals surface area contributed by atoms with E-state index < -0.39 is 54.8 Å². The van der Waals surface area contributed by atoms with Crippen molar-refractivity contribution in [1.29, 1.82) is 0 Å². The summed E-state index contributed by atoms with van der Waals surface area (Å²) in [6.45, 7) is -1.47. The molecule has 4 rings (SSSR count). The first-order valence-electron chi connectivity index (χ1n) is 11.9. The average molecular weight is 527 g/mol. The fourth-order valence-electron chi connectivity index (χ4n) is 5.05. The number of hydrogen-bond acceptors (Lipinski definition) is 4. The molecule has 2 aliphatic rings. The Morgan fingerprint density at radius 3 is 2.43 bits per heavy atom. The van der Waals surface area contributed by atoms with Gasteiger partial charge in [0, 0.05) is 37.3 Å². The molecule has 1 unspecified atom stereocenters. The van der Waals surface area contributed by atoms with Crippen molar-refractivity contribution in [3.63, 3.8) is 0 Å². The molecule has 13 heteroatoms. The van der Waals surface area contributed by atoms with Gasteiger partial charge in [0.2, 0.25) is 5.91 Å². The molecular weight excluding hydrogens is 501 g/mol. The molecule has 0 spiro atoms. The summed E-state index contributed by atoms with van der Waals surface area (Å²) in [4.78, 5) is 39.9. The lowest BCUT2D eigenvalue weighted by molar-refractivity contribution is -0.162. The first kappa shape index (κ1) is 26.6. The molecule has 0 saturated carbocycles. The van der Waals surface area contributed by atoms with E-state index in [0.717, 1.165) is 6.07 Å². The van der Waals surface area contributed by atoms with Gasteiger partial charge in [0.25, 0.3) is 5.56 Å². The largest absolute Gasteiger partial charge is 0.406 e. The molecule has 1 aromatic carbocycles. The van der Waals surface area contributed by atoms with Gasteiger partial charge in [0.05, 0.1) is 0 Å². The number of nitrogens with zero attached hydrogens (tertiary/aromatic N) is 3. The van der Waals surface area contributed by atoms with Crippen molar-refractivity contribution < 1.29 is 31.5 Å². The summed E-state index contributed by atoms with van der Waals surface area (Å²) in [6.07, 6.45) is -2.24. The van der Waals surface area contributed by atoms with Crippen molar-refractivity contribution in [2.24, 2.45) is 0 Å². The highest BCUT2D eigenvalue weighted by molar-refractivity contribution is 5.87. The second-order valence-electron chi connectivity index (χ2n) is 9.36. The molecule has 0 radical (unpaired) electrons. The van der Waals surface area contributed by atoms with Gasteiger partial charge < -0.3 is 15.1 Å². The second kappa shape index (κ2) is 10.9. The van der Waals surface area contributed by atoms with E-state index in [1.165, 1.54) is 23.2 Å². The van der Waals surface area contributed by atoms with Crippen LogP contribution in [-0.2, 0) is 4.79 Å². The summed E-state index contributed by atoms with van der Waals surface area (Å²) < 4.78 is 67.9. The number of hydrogen-bond donors (Lipinski definition) is 2. The van der Waals surface area contributed by atoms with Crippen molar-refractivity contribution in [2.45, 2.75) is 49.7 Å². The molecular formula is C24H26F5N5O3. The maximum Gasteiger partial charge on any atom is 0.406 e. The van der Waals surface area contributed by atoms with Crippen molar-refractivity contribution in [2.75, 3.05) is 26.2 Å². The average Bonchev–Trinajstić information content (AvgIpc) is 2.99. The Kier molecular flexibility index (Phi) is 7.79. The van der Waals surface area contributed by atoms with Gasteiger partial charge in [0.1, 0.15) is 12.6 Å². The number of carbonyl (C=O) groups excluding carboxylic acids is 2. The van der Waals surface area contributed by atoms with Crippen LogP contribution in [0.15, 0.2) is 35.3 Å². The first-order chi connectivity index (χ1) is 17.5. The molecule has 2 fully saturated rings. The standard InChI is InChI=1S/C24H26F5N5O3/c25-18-3-1-2-16(20(18)26)15-4-5-19(22(36)34(12-15)13-24(27,28)29)31-23(37)33-10-7-14(8-11-33)17-6-9-30-32-21(17)35/h1-3,6,9,14-15,19H,4-5,7-8,10-13H2,(H,31,37)(H,32,35)/t15?,19-/m1/s1. The third-order valence-corrected chi connectivity index (χ3v) is 6.92. The van der Waals surface area contributed by atoms with Crippen LogP contribution in [-0.4, -0.2) is 70.3 Å². The van der Waals surface area contributed by atoms with Crippen molar-refractivity contribution in [1.82, 2.24) is 25.3 Å². The molecule has 0 aliphatic carbocycles. The van der Waals surface area contributed by atoms with E-state index in [1.54, 1.807) is 6.07 Å². The molecule has 200 valence electrons. The zero-order chi connectivity index (χ0) is 26.7. The number of aromatic nitrogens is 2. The number of H-pyrrole nitrogens is 1. The molecule has 2 saturated heterocycles. The van der Waals surface area contributed by atoms with Gasteiger partial charge in [-0.2, -0.15) is 18.3 Å². The minimum Gasteiger partial charge on any atom is -0.331 e. The van der Waals surface area contributed by atoms with E-state index in [2.05, 4.69) is 15.5 Å². The summed E-state index contributed by atoms with van der Waals surface area (Å²) in [5, 5.41) is 8.58. The van der Waals surface area contributed by atoms with E-state index >= 15 is 0 Å². The van der Waals surface area contributed by atoms with Crippen molar-refractivity contribution in [3.05, 3.63) is 63.6 Å². The van der Waals surface area contributed by atoms with Gasteiger partial charge >= 0.3 is 12.2 Å². The molecule has 3 heterocycles. The number of carbonyl (C=O) groups is 2. The van der Waals surface area contributed by atoms with Crippen LogP contribution in [0.1, 0.15) is 48.6 Å². The molecule has 2 aliphatic heterocycles.